The molecule has 0 unspecified atom stereocenters. The van der Waals surface area contributed by atoms with Crippen LogP contribution in [0.5, 0.6) is 0 Å². The van der Waals surface area contributed by atoms with Crippen molar-refractivity contribution >= 4 is 5.91 Å². The SMILES string of the molecule is Cc1cc(C(=O)N2CCN(CC(C)(C)O)CC2)on1. The predicted octanol–water partition coefficient (Wildman–Crippen LogP) is 0.512. The molecule has 1 saturated heterocycles. The second-order valence-electron chi connectivity index (χ2n) is 5.71. The van der Waals surface area contributed by atoms with Crippen LogP contribution in [0.4, 0.5) is 0 Å². The van der Waals surface area contributed by atoms with E-state index in [1.165, 1.54) is 0 Å². The van der Waals surface area contributed by atoms with Gasteiger partial charge in [-0.25, -0.2) is 0 Å². The first-order valence-corrected chi connectivity index (χ1v) is 6.52. The fourth-order valence-corrected chi connectivity index (χ4v) is 2.28. The number of amides is 1. The third kappa shape index (κ3) is 3.78. The number of aryl methyl sites for hydroxylation is 1. The van der Waals surface area contributed by atoms with E-state index in [1.807, 2.05) is 0 Å². The molecule has 1 aliphatic rings. The quantitative estimate of drug-likeness (QED) is 0.864. The van der Waals surface area contributed by atoms with Crippen LogP contribution in [0, 0.1) is 6.92 Å². The molecule has 6 heteroatoms. The Balaban J connectivity index is 1.88. The van der Waals surface area contributed by atoms with Crippen LogP contribution in [-0.2, 0) is 0 Å². The van der Waals surface area contributed by atoms with Gasteiger partial charge in [0.15, 0.2) is 0 Å². The van der Waals surface area contributed by atoms with Gasteiger partial charge in [-0.05, 0) is 20.8 Å². The molecule has 1 aromatic heterocycles. The van der Waals surface area contributed by atoms with Gasteiger partial charge >= 0.3 is 0 Å². The zero-order valence-corrected chi connectivity index (χ0v) is 11.7. The van der Waals surface area contributed by atoms with Crippen molar-refractivity contribution in [3.63, 3.8) is 0 Å². The molecular formula is C13H21N3O3. The Labute approximate surface area is 113 Å². The summed E-state index contributed by atoms with van der Waals surface area (Å²) in [6.07, 6.45) is 0. The van der Waals surface area contributed by atoms with Crippen molar-refractivity contribution in [2.24, 2.45) is 0 Å². The molecule has 0 aliphatic carbocycles. The third-order valence-corrected chi connectivity index (χ3v) is 3.11. The lowest BCUT2D eigenvalue weighted by molar-refractivity contribution is 0.0170. The van der Waals surface area contributed by atoms with Gasteiger partial charge < -0.3 is 14.5 Å². The molecule has 2 heterocycles. The summed E-state index contributed by atoms with van der Waals surface area (Å²) in [4.78, 5) is 16.1. The summed E-state index contributed by atoms with van der Waals surface area (Å²) in [5.74, 6) is 0.192. The van der Waals surface area contributed by atoms with Crippen molar-refractivity contribution in [3.8, 4) is 0 Å². The summed E-state index contributed by atoms with van der Waals surface area (Å²) in [7, 11) is 0. The van der Waals surface area contributed by atoms with Gasteiger partial charge in [0.25, 0.3) is 5.91 Å². The molecule has 0 bridgehead atoms. The molecular weight excluding hydrogens is 246 g/mol. The molecule has 106 valence electrons. The summed E-state index contributed by atoms with van der Waals surface area (Å²) >= 11 is 0. The Kier molecular flexibility index (Phi) is 3.91. The number of rotatable bonds is 3. The van der Waals surface area contributed by atoms with Gasteiger partial charge in [-0.1, -0.05) is 5.16 Å². The van der Waals surface area contributed by atoms with Gasteiger partial charge in [0.2, 0.25) is 5.76 Å². The topological polar surface area (TPSA) is 69.8 Å². The molecule has 1 aliphatic heterocycles. The maximum Gasteiger partial charge on any atom is 0.292 e. The van der Waals surface area contributed by atoms with Crippen LogP contribution in [0.1, 0.15) is 30.1 Å². The van der Waals surface area contributed by atoms with Crippen molar-refractivity contribution in [1.82, 2.24) is 15.0 Å². The van der Waals surface area contributed by atoms with Crippen LogP contribution in [0.25, 0.3) is 0 Å². The smallest absolute Gasteiger partial charge is 0.292 e. The summed E-state index contributed by atoms with van der Waals surface area (Å²) in [6.45, 7) is 8.83. The fourth-order valence-electron chi connectivity index (χ4n) is 2.28. The molecule has 0 atom stereocenters. The molecule has 1 N–H and O–H groups in total. The lowest BCUT2D eigenvalue weighted by Gasteiger charge is -2.36. The second kappa shape index (κ2) is 5.30. The van der Waals surface area contributed by atoms with Gasteiger partial charge in [-0.15, -0.1) is 0 Å². The number of β-amino-alcohol motifs (C(OH)–C–C–N with tert-alkyl or cyclic N) is 1. The van der Waals surface area contributed by atoms with Gasteiger partial charge in [0.1, 0.15) is 0 Å². The van der Waals surface area contributed by atoms with Crippen molar-refractivity contribution < 1.29 is 14.4 Å². The molecule has 19 heavy (non-hydrogen) atoms. The summed E-state index contributed by atoms with van der Waals surface area (Å²) in [5.41, 5.74) is 0.0119. The molecule has 6 nitrogen and oxygen atoms in total. The van der Waals surface area contributed by atoms with Crippen LogP contribution < -0.4 is 0 Å². The van der Waals surface area contributed by atoms with Crippen molar-refractivity contribution in [3.05, 3.63) is 17.5 Å². The first kappa shape index (κ1) is 14.0. The van der Waals surface area contributed by atoms with Gasteiger partial charge in [-0.2, -0.15) is 0 Å². The minimum atomic E-state index is -0.700. The zero-order valence-electron chi connectivity index (χ0n) is 11.7. The van der Waals surface area contributed by atoms with Crippen LogP contribution in [0.3, 0.4) is 0 Å². The number of hydrogen-bond acceptors (Lipinski definition) is 5. The minimum absolute atomic E-state index is 0.108. The normalized spacial score (nSPS) is 17.8. The number of aliphatic hydroxyl groups is 1. The van der Waals surface area contributed by atoms with E-state index >= 15 is 0 Å². The lowest BCUT2D eigenvalue weighted by Crippen LogP contribution is -2.51. The van der Waals surface area contributed by atoms with E-state index < -0.39 is 5.60 Å². The number of carbonyl (C=O) groups excluding carboxylic acids is 1. The van der Waals surface area contributed by atoms with Crippen molar-refractivity contribution in [2.45, 2.75) is 26.4 Å². The zero-order chi connectivity index (χ0) is 14.0. The second-order valence-corrected chi connectivity index (χ2v) is 5.71. The Hall–Kier alpha value is -1.40. The molecule has 0 radical (unpaired) electrons. The third-order valence-electron chi connectivity index (χ3n) is 3.11. The van der Waals surface area contributed by atoms with E-state index in [0.717, 1.165) is 13.1 Å². The van der Waals surface area contributed by atoms with Crippen LogP contribution in [-0.4, -0.2) is 64.3 Å². The fraction of sp³-hybridized carbons (Fsp3) is 0.692. The Morgan fingerprint density at radius 3 is 2.53 bits per heavy atom. The number of nitrogens with zero attached hydrogens (tertiary/aromatic N) is 3. The van der Waals surface area contributed by atoms with Gasteiger partial charge in [-0.3, -0.25) is 9.69 Å². The summed E-state index contributed by atoms with van der Waals surface area (Å²) in [6, 6.07) is 1.66. The van der Waals surface area contributed by atoms with E-state index in [-0.39, 0.29) is 5.91 Å². The molecule has 0 saturated carbocycles. The largest absolute Gasteiger partial charge is 0.389 e. The standard InChI is InChI=1S/C13H21N3O3/c1-10-8-11(19-14-10)12(17)16-6-4-15(5-7-16)9-13(2,3)18/h8,18H,4-7,9H2,1-3H3. The minimum Gasteiger partial charge on any atom is -0.389 e. The maximum atomic E-state index is 12.1. The number of piperazine rings is 1. The summed E-state index contributed by atoms with van der Waals surface area (Å²) in [5, 5.41) is 13.5. The Morgan fingerprint density at radius 1 is 1.42 bits per heavy atom. The highest BCUT2D eigenvalue weighted by Gasteiger charge is 2.27. The van der Waals surface area contributed by atoms with E-state index in [2.05, 4.69) is 10.1 Å². The molecule has 2 rings (SSSR count). The number of aromatic nitrogens is 1. The Morgan fingerprint density at radius 2 is 2.05 bits per heavy atom. The van der Waals surface area contributed by atoms with E-state index in [9.17, 15) is 9.90 Å². The molecule has 0 spiro atoms. The maximum absolute atomic E-state index is 12.1. The monoisotopic (exact) mass is 267 g/mol. The summed E-state index contributed by atoms with van der Waals surface area (Å²) < 4.78 is 4.99. The molecule has 0 aromatic carbocycles. The molecule has 1 amide bonds. The van der Waals surface area contributed by atoms with Crippen molar-refractivity contribution in [2.75, 3.05) is 32.7 Å². The van der Waals surface area contributed by atoms with Crippen LogP contribution in [0.15, 0.2) is 10.6 Å². The van der Waals surface area contributed by atoms with Crippen molar-refractivity contribution in [1.29, 1.82) is 0 Å². The highest BCUT2D eigenvalue weighted by molar-refractivity contribution is 5.91. The van der Waals surface area contributed by atoms with Gasteiger partial charge in [0.05, 0.1) is 11.3 Å². The number of hydrogen-bond donors (Lipinski definition) is 1. The predicted molar refractivity (Wildman–Crippen MR) is 69.9 cm³/mol. The first-order valence-electron chi connectivity index (χ1n) is 6.52. The molecule has 1 aromatic rings. The van der Waals surface area contributed by atoms with E-state index in [4.69, 9.17) is 4.52 Å². The Bertz CT molecular complexity index is 442. The lowest BCUT2D eigenvalue weighted by atomic mass is 10.1. The highest BCUT2D eigenvalue weighted by Crippen LogP contribution is 2.12. The van der Waals surface area contributed by atoms with E-state index in [1.54, 1.807) is 31.7 Å². The van der Waals surface area contributed by atoms with E-state index in [0.29, 0.717) is 31.1 Å². The van der Waals surface area contributed by atoms with Crippen LogP contribution in [0.2, 0.25) is 0 Å². The number of carbonyl (C=O) groups is 1. The average molecular weight is 267 g/mol. The highest BCUT2D eigenvalue weighted by atomic mass is 16.5. The van der Waals surface area contributed by atoms with Gasteiger partial charge in [0, 0.05) is 38.8 Å². The first-order chi connectivity index (χ1) is 8.85. The molecule has 1 fully saturated rings. The van der Waals surface area contributed by atoms with Crippen LogP contribution >= 0.6 is 0 Å². The average Bonchev–Trinajstić information content (AvgIpc) is 2.74.